The predicted octanol–water partition coefficient (Wildman–Crippen LogP) is 4.77. The smallest absolute Gasteiger partial charge is 0.241 e. The molecule has 0 aliphatic heterocycles. The molecule has 27 heavy (non-hydrogen) atoms. The molecule has 0 spiro atoms. The second-order valence-electron chi connectivity index (χ2n) is 7.24. The Labute approximate surface area is 164 Å². The first-order valence-electron chi connectivity index (χ1n) is 9.21. The summed E-state index contributed by atoms with van der Waals surface area (Å²) in [5.74, 6) is -0.0273. The summed E-state index contributed by atoms with van der Waals surface area (Å²) >= 11 is 6.76. The van der Waals surface area contributed by atoms with Crippen LogP contribution in [0.25, 0.3) is 22.5 Å². The molecule has 1 fully saturated rings. The molecule has 4 rings (SSSR count). The monoisotopic (exact) mass is 379 g/mol. The molecule has 1 N–H and O–H groups in total. The van der Waals surface area contributed by atoms with Crippen molar-refractivity contribution in [3.8, 4) is 22.5 Å². The highest BCUT2D eigenvalue weighted by atomic mass is 35.5. The van der Waals surface area contributed by atoms with Crippen molar-refractivity contribution in [2.75, 3.05) is 0 Å². The molecular weight excluding hydrogens is 358 g/mol. The van der Waals surface area contributed by atoms with Gasteiger partial charge in [-0.3, -0.25) is 9.48 Å². The van der Waals surface area contributed by atoms with Crippen LogP contribution in [0.15, 0.2) is 48.5 Å². The second kappa shape index (κ2) is 7.20. The Bertz CT molecular complexity index is 970. The average molecular weight is 380 g/mol. The van der Waals surface area contributed by atoms with Gasteiger partial charge < -0.3 is 5.32 Å². The SMILES string of the molecule is Cc1ccc(-c2nn(CC(=O)NC3CC3)c(-c3ccc(C)cc3)c2Cl)cc1. The van der Waals surface area contributed by atoms with Gasteiger partial charge in [-0.2, -0.15) is 5.10 Å². The summed E-state index contributed by atoms with van der Waals surface area (Å²) in [5.41, 5.74) is 5.73. The van der Waals surface area contributed by atoms with Crippen LogP contribution in [0.3, 0.4) is 0 Å². The zero-order valence-electron chi connectivity index (χ0n) is 15.5. The number of nitrogens with zero attached hydrogens (tertiary/aromatic N) is 2. The van der Waals surface area contributed by atoms with Gasteiger partial charge in [-0.1, -0.05) is 71.3 Å². The zero-order chi connectivity index (χ0) is 19.0. The summed E-state index contributed by atoms with van der Waals surface area (Å²) in [6.45, 7) is 4.25. The van der Waals surface area contributed by atoms with Crippen LogP contribution in [-0.2, 0) is 11.3 Å². The van der Waals surface area contributed by atoms with Crippen LogP contribution in [-0.4, -0.2) is 21.7 Å². The molecule has 1 aliphatic rings. The second-order valence-corrected chi connectivity index (χ2v) is 7.62. The largest absolute Gasteiger partial charge is 0.352 e. The van der Waals surface area contributed by atoms with Crippen molar-refractivity contribution in [3.63, 3.8) is 0 Å². The molecule has 1 amide bonds. The third kappa shape index (κ3) is 3.91. The number of carbonyl (C=O) groups excluding carboxylic acids is 1. The molecule has 1 saturated carbocycles. The van der Waals surface area contributed by atoms with Crippen LogP contribution in [0.1, 0.15) is 24.0 Å². The molecule has 0 atom stereocenters. The van der Waals surface area contributed by atoms with Crippen molar-refractivity contribution >= 4 is 17.5 Å². The fourth-order valence-electron chi connectivity index (χ4n) is 3.07. The predicted molar refractivity (Wildman–Crippen MR) is 109 cm³/mol. The van der Waals surface area contributed by atoms with Crippen molar-refractivity contribution in [2.45, 2.75) is 39.3 Å². The minimum absolute atomic E-state index is 0.0273. The van der Waals surface area contributed by atoms with Crippen molar-refractivity contribution < 1.29 is 4.79 Å². The van der Waals surface area contributed by atoms with Crippen molar-refractivity contribution in [1.29, 1.82) is 0 Å². The average Bonchev–Trinajstić information content (AvgIpc) is 3.40. The Hall–Kier alpha value is -2.59. The maximum Gasteiger partial charge on any atom is 0.241 e. The van der Waals surface area contributed by atoms with Crippen molar-refractivity contribution in [1.82, 2.24) is 15.1 Å². The molecule has 1 aromatic heterocycles. The van der Waals surface area contributed by atoms with E-state index >= 15 is 0 Å². The lowest BCUT2D eigenvalue weighted by atomic mass is 10.1. The van der Waals surface area contributed by atoms with E-state index in [1.807, 2.05) is 62.4 Å². The first-order chi connectivity index (χ1) is 13.0. The van der Waals surface area contributed by atoms with Gasteiger partial charge in [0.2, 0.25) is 5.91 Å². The minimum Gasteiger partial charge on any atom is -0.352 e. The van der Waals surface area contributed by atoms with Gasteiger partial charge in [0.25, 0.3) is 0 Å². The van der Waals surface area contributed by atoms with E-state index in [-0.39, 0.29) is 12.5 Å². The number of aryl methyl sites for hydroxylation is 2. The van der Waals surface area contributed by atoms with Crippen LogP contribution < -0.4 is 5.32 Å². The summed E-state index contributed by atoms with van der Waals surface area (Å²) in [6.07, 6.45) is 2.12. The number of nitrogens with one attached hydrogen (secondary N) is 1. The van der Waals surface area contributed by atoms with Crippen LogP contribution in [0.2, 0.25) is 5.02 Å². The number of rotatable bonds is 5. The third-order valence-corrected chi connectivity index (χ3v) is 5.14. The molecule has 138 valence electrons. The van der Waals surface area contributed by atoms with Crippen LogP contribution in [0.5, 0.6) is 0 Å². The number of amides is 1. The maximum atomic E-state index is 12.4. The first kappa shape index (κ1) is 17.8. The summed E-state index contributed by atoms with van der Waals surface area (Å²) in [4.78, 5) is 12.4. The van der Waals surface area contributed by atoms with E-state index in [0.717, 1.165) is 29.7 Å². The van der Waals surface area contributed by atoms with E-state index in [1.54, 1.807) is 4.68 Å². The van der Waals surface area contributed by atoms with Crippen LogP contribution in [0, 0.1) is 13.8 Å². The Morgan fingerprint density at radius 2 is 1.59 bits per heavy atom. The van der Waals surface area contributed by atoms with Gasteiger partial charge in [0.1, 0.15) is 12.2 Å². The van der Waals surface area contributed by atoms with Gasteiger partial charge in [0.15, 0.2) is 0 Å². The molecule has 0 radical (unpaired) electrons. The molecule has 0 unspecified atom stereocenters. The lowest BCUT2D eigenvalue weighted by molar-refractivity contribution is -0.121. The minimum atomic E-state index is -0.0273. The van der Waals surface area contributed by atoms with E-state index in [2.05, 4.69) is 5.32 Å². The summed E-state index contributed by atoms with van der Waals surface area (Å²) < 4.78 is 1.72. The maximum absolute atomic E-state index is 12.4. The number of hydrogen-bond donors (Lipinski definition) is 1. The summed E-state index contributed by atoms with van der Waals surface area (Å²) in [5, 5.41) is 8.29. The molecule has 5 heteroatoms. The van der Waals surface area contributed by atoms with Gasteiger partial charge in [-0.05, 0) is 26.7 Å². The topological polar surface area (TPSA) is 46.9 Å². The highest BCUT2D eigenvalue weighted by Gasteiger charge is 2.25. The molecule has 3 aromatic rings. The number of aromatic nitrogens is 2. The molecule has 4 nitrogen and oxygen atoms in total. The third-order valence-electron chi connectivity index (χ3n) is 4.78. The molecule has 1 aliphatic carbocycles. The normalized spacial score (nSPS) is 13.6. The van der Waals surface area contributed by atoms with E-state index < -0.39 is 0 Å². The van der Waals surface area contributed by atoms with E-state index in [1.165, 1.54) is 11.1 Å². The van der Waals surface area contributed by atoms with Gasteiger partial charge in [-0.15, -0.1) is 0 Å². The number of benzene rings is 2. The summed E-state index contributed by atoms with van der Waals surface area (Å²) in [7, 11) is 0. The van der Waals surface area contributed by atoms with Gasteiger partial charge in [-0.25, -0.2) is 0 Å². The Morgan fingerprint density at radius 1 is 1.04 bits per heavy atom. The van der Waals surface area contributed by atoms with Crippen LogP contribution in [0.4, 0.5) is 0 Å². The lowest BCUT2D eigenvalue weighted by Crippen LogP contribution is -2.29. The number of hydrogen-bond acceptors (Lipinski definition) is 2. The summed E-state index contributed by atoms with van der Waals surface area (Å²) in [6, 6.07) is 16.5. The first-order valence-corrected chi connectivity index (χ1v) is 9.59. The number of carbonyl (C=O) groups is 1. The van der Waals surface area contributed by atoms with Gasteiger partial charge in [0, 0.05) is 17.2 Å². The quantitative estimate of drug-likeness (QED) is 0.694. The standard InChI is InChI=1S/C22H22ClN3O/c1-14-3-7-16(8-4-14)21-20(23)22(17-9-5-15(2)6-10-17)26(25-21)13-19(27)24-18-11-12-18/h3-10,18H,11-13H2,1-2H3,(H,24,27). The fourth-order valence-corrected chi connectivity index (χ4v) is 3.43. The molecule has 1 heterocycles. The highest BCUT2D eigenvalue weighted by molar-refractivity contribution is 6.35. The van der Waals surface area contributed by atoms with Crippen molar-refractivity contribution in [3.05, 3.63) is 64.7 Å². The molecule has 0 bridgehead atoms. The Balaban J connectivity index is 1.76. The zero-order valence-corrected chi connectivity index (χ0v) is 16.3. The van der Waals surface area contributed by atoms with Gasteiger partial charge >= 0.3 is 0 Å². The van der Waals surface area contributed by atoms with Crippen LogP contribution >= 0.6 is 11.6 Å². The Kier molecular flexibility index (Phi) is 4.75. The van der Waals surface area contributed by atoms with E-state index in [0.29, 0.717) is 16.8 Å². The lowest BCUT2D eigenvalue weighted by Gasteiger charge is -2.09. The highest BCUT2D eigenvalue weighted by Crippen LogP contribution is 2.36. The van der Waals surface area contributed by atoms with E-state index in [4.69, 9.17) is 16.7 Å². The molecule has 0 saturated heterocycles. The number of halogens is 1. The Morgan fingerprint density at radius 3 is 2.15 bits per heavy atom. The molecule has 2 aromatic carbocycles. The van der Waals surface area contributed by atoms with E-state index in [9.17, 15) is 4.79 Å². The molecular formula is C22H22ClN3O. The fraction of sp³-hybridized carbons (Fsp3) is 0.273. The van der Waals surface area contributed by atoms with Crippen molar-refractivity contribution in [2.24, 2.45) is 0 Å². The van der Waals surface area contributed by atoms with Gasteiger partial charge in [0.05, 0.1) is 10.7 Å².